The van der Waals surface area contributed by atoms with Crippen molar-refractivity contribution in [2.45, 2.75) is 39.3 Å². The van der Waals surface area contributed by atoms with Crippen LogP contribution in [0.3, 0.4) is 0 Å². The lowest BCUT2D eigenvalue weighted by atomic mass is 10.2. The maximum absolute atomic E-state index is 12.1. The number of fused-ring (bicyclic) bond motifs is 1. The number of hydrogen-bond donors (Lipinski definition) is 2. The van der Waals surface area contributed by atoms with E-state index in [0.29, 0.717) is 19.0 Å². The van der Waals surface area contributed by atoms with Crippen LogP contribution >= 0.6 is 0 Å². The van der Waals surface area contributed by atoms with Gasteiger partial charge in [-0.25, -0.2) is 9.97 Å². The van der Waals surface area contributed by atoms with Gasteiger partial charge in [-0.3, -0.25) is 4.79 Å². The number of para-hydroxylation sites is 1. The summed E-state index contributed by atoms with van der Waals surface area (Å²) < 4.78 is 5.44. The highest BCUT2D eigenvalue weighted by Gasteiger charge is 2.14. The molecule has 0 radical (unpaired) electrons. The van der Waals surface area contributed by atoms with Crippen LogP contribution in [0.25, 0.3) is 10.9 Å². The second kappa shape index (κ2) is 8.43. The molecule has 0 spiro atoms. The topological polar surface area (TPSA) is 76.1 Å². The van der Waals surface area contributed by atoms with Gasteiger partial charge in [-0.2, -0.15) is 0 Å². The molecule has 2 rings (SSSR count). The largest absolute Gasteiger partial charge is 0.379 e. The Kier molecular flexibility index (Phi) is 6.29. The molecule has 0 fully saturated rings. The van der Waals surface area contributed by atoms with Crippen LogP contribution < -0.4 is 10.6 Å². The number of hydrogen-bond acceptors (Lipinski definition) is 5. The summed E-state index contributed by atoms with van der Waals surface area (Å²) in [6, 6.07) is 7.33. The molecule has 0 bridgehead atoms. The SMILES string of the molecule is CC(C)OCCCNC(=O)C(C)Nc1ncnc2ccccc12. The zero-order valence-electron chi connectivity index (χ0n) is 13.9. The van der Waals surface area contributed by atoms with Crippen molar-refractivity contribution >= 4 is 22.6 Å². The second-order valence-corrected chi connectivity index (χ2v) is 5.67. The number of benzene rings is 1. The lowest BCUT2D eigenvalue weighted by molar-refractivity contribution is -0.121. The summed E-state index contributed by atoms with van der Waals surface area (Å²) in [5.74, 6) is 0.610. The number of nitrogens with one attached hydrogen (secondary N) is 2. The van der Waals surface area contributed by atoms with Crippen LogP contribution in [0.1, 0.15) is 27.2 Å². The normalized spacial score (nSPS) is 12.3. The van der Waals surface area contributed by atoms with Gasteiger partial charge in [-0.15, -0.1) is 0 Å². The van der Waals surface area contributed by atoms with Crippen molar-refractivity contribution in [1.29, 1.82) is 0 Å². The summed E-state index contributed by atoms with van der Waals surface area (Å²) in [5.41, 5.74) is 0.850. The molecule has 1 amide bonds. The fraction of sp³-hybridized carbons (Fsp3) is 0.471. The van der Waals surface area contributed by atoms with Gasteiger partial charge in [0.2, 0.25) is 5.91 Å². The first-order chi connectivity index (χ1) is 11.1. The van der Waals surface area contributed by atoms with Crippen LogP contribution in [-0.4, -0.2) is 41.2 Å². The van der Waals surface area contributed by atoms with E-state index in [1.807, 2.05) is 45.0 Å². The molecule has 0 aliphatic rings. The molecular weight excluding hydrogens is 292 g/mol. The minimum Gasteiger partial charge on any atom is -0.379 e. The molecule has 2 aromatic rings. The number of carbonyl (C=O) groups is 1. The average Bonchev–Trinajstić information content (AvgIpc) is 2.54. The van der Waals surface area contributed by atoms with E-state index >= 15 is 0 Å². The third-order valence-corrected chi connectivity index (χ3v) is 3.36. The van der Waals surface area contributed by atoms with E-state index in [2.05, 4.69) is 20.6 Å². The third-order valence-electron chi connectivity index (χ3n) is 3.36. The first kappa shape index (κ1) is 17.1. The standard InChI is InChI=1S/C17H24N4O2/c1-12(2)23-10-6-9-18-17(22)13(3)21-16-14-7-4-5-8-15(14)19-11-20-16/h4-5,7-8,11-13H,6,9-10H2,1-3H3,(H,18,22)(H,19,20,21). The van der Waals surface area contributed by atoms with Gasteiger partial charge in [-0.05, 0) is 39.3 Å². The van der Waals surface area contributed by atoms with Crippen LogP contribution in [0.2, 0.25) is 0 Å². The Bertz CT molecular complexity index is 640. The molecule has 1 aromatic carbocycles. The first-order valence-electron chi connectivity index (χ1n) is 7.93. The van der Waals surface area contributed by atoms with Gasteiger partial charge in [0.15, 0.2) is 0 Å². The number of anilines is 1. The molecule has 2 N–H and O–H groups in total. The second-order valence-electron chi connectivity index (χ2n) is 5.67. The van der Waals surface area contributed by atoms with Gasteiger partial charge in [0.1, 0.15) is 18.2 Å². The van der Waals surface area contributed by atoms with Crippen molar-refractivity contribution in [3.05, 3.63) is 30.6 Å². The van der Waals surface area contributed by atoms with E-state index in [1.165, 1.54) is 6.33 Å². The number of aromatic nitrogens is 2. The molecule has 0 saturated carbocycles. The summed E-state index contributed by atoms with van der Waals surface area (Å²) in [5, 5.41) is 6.95. The first-order valence-corrected chi connectivity index (χ1v) is 7.93. The number of ether oxygens (including phenoxy) is 1. The Morgan fingerprint density at radius 1 is 1.22 bits per heavy atom. The highest BCUT2D eigenvalue weighted by Crippen LogP contribution is 2.18. The fourth-order valence-corrected chi connectivity index (χ4v) is 2.15. The summed E-state index contributed by atoms with van der Waals surface area (Å²) >= 11 is 0. The molecular formula is C17H24N4O2. The molecule has 6 nitrogen and oxygen atoms in total. The van der Waals surface area contributed by atoms with Gasteiger partial charge in [-0.1, -0.05) is 12.1 Å². The monoisotopic (exact) mass is 316 g/mol. The minimum atomic E-state index is -0.376. The smallest absolute Gasteiger partial charge is 0.242 e. The van der Waals surface area contributed by atoms with Crippen molar-refractivity contribution in [3.8, 4) is 0 Å². The summed E-state index contributed by atoms with van der Waals surface area (Å²) in [7, 11) is 0. The van der Waals surface area contributed by atoms with Gasteiger partial charge >= 0.3 is 0 Å². The number of rotatable bonds is 8. The lowest BCUT2D eigenvalue weighted by Crippen LogP contribution is -2.38. The summed E-state index contributed by atoms with van der Waals surface area (Å²) in [6.07, 6.45) is 2.52. The van der Waals surface area contributed by atoms with Gasteiger partial charge < -0.3 is 15.4 Å². The Morgan fingerprint density at radius 3 is 2.78 bits per heavy atom. The zero-order valence-corrected chi connectivity index (χ0v) is 13.9. The Balaban J connectivity index is 1.85. The van der Waals surface area contributed by atoms with E-state index < -0.39 is 0 Å². The molecule has 0 saturated heterocycles. The van der Waals surface area contributed by atoms with Crippen molar-refractivity contribution in [2.75, 3.05) is 18.5 Å². The van der Waals surface area contributed by atoms with Crippen molar-refractivity contribution < 1.29 is 9.53 Å². The number of carbonyl (C=O) groups excluding carboxylic acids is 1. The van der Waals surface area contributed by atoms with Crippen LogP contribution in [0, 0.1) is 0 Å². The molecule has 1 heterocycles. The number of amides is 1. The molecule has 124 valence electrons. The van der Waals surface area contributed by atoms with Gasteiger partial charge in [0.25, 0.3) is 0 Å². The summed E-state index contributed by atoms with van der Waals surface area (Å²) in [6.45, 7) is 7.06. The molecule has 0 aliphatic carbocycles. The van der Waals surface area contributed by atoms with E-state index in [9.17, 15) is 4.79 Å². The molecule has 0 aliphatic heterocycles. The van der Waals surface area contributed by atoms with E-state index in [4.69, 9.17) is 4.74 Å². The Hall–Kier alpha value is -2.21. The Morgan fingerprint density at radius 2 is 2.00 bits per heavy atom. The van der Waals surface area contributed by atoms with Crippen LogP contribution in [0.4, 0.5) is 5.82 Å². The van der Waals surface area contributed by atoms with Gasteiger partial charge in [0, 0.05) is 18.5 Å². The van der Waals surface area contributed by atoms with Crippen LogP contribution in [-0.2, 0) is 9.53 Å². The maximum atomic E-state index is 12.1. The predicted molar refractivity (Wildman–Crippen MR) is 91.3 cm³/mol. The maximum Gasteiger partial charge on any atom is 0.242 e. The van der Waals surface area contributed by atoms with Crippen molar-refractivity contribution in [1.82, 2.24) is 15.3 Å². The molecule has 23 heavy (non-hydrogen) atoms. The summed E-state index contributed by atoms with van der Waals surface area (Å²) in [4.78, 5) is 20.6. The van der Waals surface area contributed by atoms with E-state index in [0.717, 1.165) is 17.3 Å². The molecule has 1 atom stereocenters. The highest BCUT2D eigenvalue weighted by molar-refractivity contribution is 5.91. The van der Waals surface area contributed by atoms with Crippen LogP contribution in [0.5, 0.6) is 0 Å². The highest BCUT2D eigenvalue weighted by atomic mass is 16.5. The third kappa shape index (κ3) is 5.17. The minimum absolute atomic E-state index is 0.0581. The Labute approximate surface area is 136 Å². The fourth-order valence-electron chi connectivity index (χ4n) is 2.15. The number of nitrogens with zero attached hydrogens (tertiary/aromatic N) is 2. The van der Waals surface area contributed by atoms with E-state index in [1.54, 1.807) is 0 Å². The zero-order chi connectivity index (χ0) is 16.7. The van der Waals surface area contributed by atoms with Gasteiger partial charge in [0.05, 0.1) is 11.6 Å². The molecule has 1 unspecified atom stereocenters. The molecule has 6 heteroatoms. The average molecular weight is 316 g/mol. The molecule has 1 aromatic heterocycles. The van der Waals surface area contributed by atoms with E-state index in [-0.39, 0.29) is 18.1 Å². The van der Waals surface area contributed by atoms with Crippen LogP contribution in [0.15, 0.2) is 30.6 Å². The quantitative estimate of drug-likeness (QED) is 0.731. The van der Waals surface area contributed by atoms with Crippen molar-refractivity contribution in [2.24, 2.45) is 0 Å². The van der Waals surface area contributed by atoms with Crippen molar-refractivity contribution in [3.63, 3.8) is 0 Å². The lowest BCUT2D eigenvalue weighted by Gasteiger charge is -2.16. The predicted octanol–water partition coefficient (Wildman–Crippen LogP) is 2.36.